The molecule has 0 aromatic carbocycles. The summed E-state index contributed by atoms with van der Waals surface area (Å²) in [6.07, 6.45) is 1.01. The fraction of sp³-hybridized carbons (Fsp3) is 0.545. The molecule has 3 N–H and O–H groups in total. The SMILES string of the molecule is Cc1ccsc1C1(C(=N)N)CC1(C)C. The molecule has 2 rings (SSSR count). The van der Waals surface area contributed by atoms with Crippen LogP contribution in [-0.2, 0) is 5.41 Å². The highest BCUT2D eigenvalue weighted by Gasteiger charge is 2.65. The van der Waals surface area contributed by atoms with Gasteiger partial charge < -0.3 is 5.73 Å². The molecule has 14 heavy (non-hydrogen) atoms. The lowest BCUT2D eigenvalue weighted by Crippen LogP contribution is -2.31. The Morgan fingerprint density at radius 1 is 1.57 bits per heavy atom. The zero-order valence-electron chi connectivity index (χ0n) is 8.85. The first-order valence-corrected chi connectivity index (χ1v) is 5.69. The van der Waals surface area contributed by atoms with Crippen LogP contribution in [0.15, 0.2) is 11.4 Å². The lowest BCUT2D eigenvalue weighted by atomic mass is 9.91. The molecule has 0 spiro atoms. The number of hydrogen-bond acceptors (Lipinski definition) is 2. The van der Waals surface area contributed by atoms with Crippen LogP contribution in [0.3, 0.4) is 0 Å². The van der Waals surface area contributed by atoms with Gasteiger partial charge in [-0.05, 0) is 35.8 Å². The first-order valence-electron chi connectivity index (χ1n) is 4.81. The van der Waals surface area contributed by atoms with E-state index in [9.17, 15) is 0 Å². The molecule has 1 aromatic rings. The van der Waals surface area contributed by atoms with Crippen LogP contribution in [0.25, 0.3) is 0 Å². The zero-order valence-corrected chi connectivity index (χ0v) is 9.66. The number of nitrogens with two attached hydrogens (primary N) is 1. The Balaban J connectivity index is 2.52. The summed E-state index contributed by atoms with van der Waals surface area (Å²) in [5.74, 6) is 0.327. The maximum atomic E-state index is 7.77. The van der Waals surface area contributed by atoms with Gasteiger partial charge in [-0.15, -0.1) is 11.3 Å². The van der Waals surface area contributed by atoms with Gasteiger partial charge in [0.05, 0.1) is 5.41 Å². The summed E-state index contributed by atoms with van der Waals surface area (Å²) in [7, 11) is 0. The molecule has 0 bridgehead atoms. The fourth-order valence-electron chi connectivity index (χ4n) is 2.40. The molecule has 1 aromatic heterocycles. The molecule has 0 radical (unpaired) electrons. The highest BCUT2D eigenvalue weighted by Crippen LogP contribution is 2.65. The van der Waals surface area contributed by atoms with Gasteiger partial charge in [-0.1, -0.05) is 13.8 Å². The molecule has 1 unspecified atom stereocenters. The molecule has 3 heteroatoms. The smallest absolute Gasteiger partial charge is 0.103 e. The highest BCUT2D eigenvalue weighted by molar-refractivity contribution is 7.10. The van der Waals surface area contributed by atoms with Crippen molar-refractivity contribution in [1.82, 2.24) is 0 Å². The van der Waals surface area contributed by atoms with E-state index in [0.29, 0.717) is 5.84 Å². The Bertz CT molecular complexity index is 392. The van der Waals surface area contributed by atoms with Crippen LogP contribution in [0.4, 0.5) is 0 Å². The fourth-order valence-corrected chi connectivity index (χ4v) is 3.72. The molecular weight excluding hydrogens is 192 g/mol. The normalized spacial score (nSPS) is 28.8. The van der Waals surface area contributed by atoms with E-state index in [1.54, 1.807) is 11.3 Å². The minimum atomic E-state index is -0.161. The number of amidine groups is 1. The van der Waals surface area contributed by atoms with Crippen LogP contribution in [0.2, 0.25) is 0 Å². The lowest BCUT2D eigenvalue weighted by Gasteiger charge is -2.18. The van der Waals surface area contributed by atoms with Gasteiger partial charge in [0, 0.05) is 4.88 Å². The van der Waals surface area contributed by atoms with Crippen LogP contribution in [0.5, 0.6) is 0 Å². The average Bonchev–Trinajstić information content (AvgIpc) is 2.44. The van der Waals surface area contributed by atoms with Gasteiger partial charge in [-0.25, -0.2) is 0 Å². The first-order chi connectivity index (χ1) is 6.42. The molecule has 0 aliphatic heterocycles. The van der Waals surface area contributed by atoms with Gasteiger partial charge in [0.2, 0.25) is 0 Å². The predicted molar refractivity (Wildman–Crippen MR) is 61.0 cm³/mol. The Morgan fingerprint density at radius 3 is 2.43 bits per heavy atom. The molecule has 1 heterocycles. The number of nitrogens with one attached hydrogen (secondary N) is 1. The van der Waals surface area contributed by atoms with Crippen molar-refractivity contribution in [2.24, 2.45) is 11.1 Å². The molecule has 1 atom stereocenters. The van der Waals surface area contributed by atoms with E-state index < -0.39 is 0 Å². The summed E-state index contributed by atoms with van der Waals surface area (Å²) >= 11 is 1.73. The second-order valence-electron chi connectivity index (χ2n) is 4.81. The Labute approximate surface area is 88.6 Å². The Hall–Kier alpha value is -0.830. The molecule has 2 nitrogen and oxygen atoms in total. The van der Waals surface area contributed by atoms with Gasteiger partial charge >= 0.3 is 0 Å². The number of rotatable bonds is 2. The first kappa shape index (κ1) is 9.71. The molecule has 1 saturated carbocycles. The van der Waals surface area contributed by atoms with Crippen LogP contribution < -0.4 is 5.73 Å². The number of aryl methyl sites for hydroxylation is 1. The second kappa shape index (κ2) is 2.60. The lowest BCUT2D eigenvalue weighted by molar-refractivity contribution is 0.581. The summed E-state index contributed by atoms with van der Waals surface area (Å²) in [4.78, 5) is 1.29. The van der Waals surface area contributed by atoms with Crippen molar-refractivity contribution in [3.63, 3.8) is 0 Å². The minimum absolute atomic E-state index is 0.161. The van der Waals surface area contributed by atoms with Crippen molar-refractivity contribution < 1.29 is 0 Å². The summed E-state index contributed by atoms with van der Waals surface area (Å²) in [6, 6.07) is 2.11. The quantitative estimate of drug-likeness (QED) is 0.569. The second-order valence-corrected chi connectivity index (χ2v) is 5.73. The van der Waals surface area contributed by atoms with E-state index >= 15 is 0 Å². The summed E-state index contributed by atoms with van der Waals surface area (Å²) in [5.41, 5.74) is 7.03. The third-order valence-electron chi connectivity index (χ3n) is 3.45. The standard InChI is InChI=1S/C11H16N2S/c1-7-4-5-14-8(7)11(9(12)13)6-10(11,2)3/h4-5H,6H2,1-3H3,(H3,12,13). The van der Waals surface area contributed by atoms with E-state index in [1.807, 2.05) is 0 Å². The number of thiophene rings is 1. The predicted octanol–water partition coefficient (Wildman–Crippen LogP) is 2.66. The summed E-state index contributed by atoms with van der Waals surface area (Å²) in [5, 5.41) is 9.86. The third-order valence-corrected chi connectivity index (χ3v) is 4.63. The number of hydrogen-bond donors (Lipinski definition) is 2. The Kier molecular flexibility index (Phi) is 1.80. The highest BCUT2D eigenvalue weighted by atomic mass is 32.1. The maximum absolute atomic E-state index is 7.77. The van der Waals surface area contributed by atoms with Gasteiger partial charge in [0.1, 0.15) is 5.84 Å². The van der Waals surface area contributed by atoms with Gasteiger partial charge in [0.15, 0.2) is 0 Å². The Morgan fingerprint density at radius 2 is 2.14 bits per heavy atom. The van der Waals surface area contributed by atoms with Crippen molar-refractivity contribution in [1.29, 1.82) is 5.41 Å². The molecular formula is C11H16N2S. The van der Waals surface area contributed by atoms with Crippen molar-refractivity contribution >= 4 is 17.2 Å². The van der Waals surface area contributed by atoms with Gasteiger partial charge in [-0.3, -0.25) is 5.41 Å². The van der Waals surface area contributed by atoms with E-state index in [1.165, 1.54) is 10.4 Å². The molecule has 1 fully saturated rings. The van der Waals surface area contributed by atoms with Crippen molar-refractivity contribution in [2.45, 2.75) is 32.6 Å². The maximum Gasteiger partial charge on any atom is 0.103 e. The third kappa shape index (κ3) is 0.989. The van der Waals surface area contributed by atoms with Crippen molar-refractivity contribution in [3.05, 3.63) is 21.9 Å². The zero-order chi connectivity index (χ0) is 10.6. The molecule has 0 saturated heterocycles. The van der Waals surface area contributed by atoms with Crippen molar-refractivity contribution in [3.8, 4) is 0 Å². The molecule has 0 amide bonds. The molecule has 76 valence electrons. The van der Waals surface area contributed by atoms with E-state index in [-0.39, 0.29) is 10.8 Å². The van der Waals surface area contributed by atoms with Gasteiger partial charge in [-0.2, -0.15) is 0 Å². The summed E-state index contributed by atoms with van der Waals surface area (Å²) in [6.45, 7) is 6.48. The molecule has 1 aliphatic carbocycles. The molecule has 1 aliphatic rings. The van der Waals surface area contributed by atoms with E-state index in [4.69, 9.17) is 11.1 Å². The van der Waals surface area contributed by atoms with Crippen LogP contribution in [0, 0.1) is 17.7 Å². The van der Waals surface area contributed by atoms with Crippen LogP contribution >= 0.6 is 11.3 Å². The van der Waals surface area contributed by atoms with E-state index in [0.717, 1.165) is 6.42 Å². The van der Waals surface area contributed by atoms with Crippen LogP contribution in [-0.4, -0.2) is 5.84 Å². The van der Waals surface area contributed by atoms with Gasteiger partial charge in [0.25, 0.3) is 0 Å². The topological polar surface area (TPSA) is 49.9 Å². The van der Waals surface area contributed by atoms with E-state index in [2.05, 4.69) is 32.2 Å². The largest absolute Gasteiger partial charge is 0.387 e. The average molecular weight is 208 g/mol. The van der Waals surface area contributed by atoms with Crippen molar-refractivity contribution in [2.75, 3.05) is 0 Å². The van der Waals surface area contributed by atoms with Crippen LogP contribution in [0.1, 0.15) is 30.7 Å². The minimum Gasteiger partial charge on any atom is -0.387 e. The monoisotopic (exact) mass is 208 g/mol. The summed E-state index contributed by atoms with van der Waals surface area (Å²) < 4.78 is 0.